The van der Waals surface area contributed by atoms with Gasteiger partial charge in [-0.05, 0) is 11.6 Å². The van der Waals surface area contributed by atoms with E-state index in [1.54, 1.807) is 13.3 Å². The van der Waals surface area contributed by atoms with Gasteiger partial charge in [0.25, 0.3) is 0 Å². The number of halogens is 1. The van der Waals surface area contributed by atoms with E-state index >= 15 is 0 Å². The lowest BCUT2D eigenvalue weighted by Gasteiger charge is -2.37. The van der Waals surface area contributed by atoms with Crippen LogP contribution in [0, 0.1) is 0 Å². The van der Waals surface area contributed by atoms with Crippen molar-refractivity contribution < 1.29 is 14.2 Å². The van der Waals surface area contributed by atoms with Gasteiger partial charge in [-0.25, -0.2) is 4.98 Å². The molecule has 3 heterocycles. The second-order valence-electron chi connectivity index (χ2n) is 5.27. The number of methoxy groups -OCH3 is 1. The summed E-state index contributed by atoms with van der Waals surface area (Å²) in [6.45, 7) is 5.46. The molecule has 1 aromatic heterocycles. The molecule has 1 aromatic rings. The smallest absolute Gasteiger partial charge is 0.224 e. The summed E-state index contributed by atoms with van der Waals surface area (Å²) in [6, 6.07) is 0. The maximum Gasteiger partial charge on any atom is 0.224 e. The number of aromatic nitrogens is 2. The maximum absolute atomic E-state index is 5.97. The molecule has 0 spiro atoms. The molecular formula is C14H21ClN4O3. The van der Waals surface area contributed by atoms with Gasteiger partial charge in [0.05, 0.1) is 31.7 Å². The molecule has 1 fully saturated rings. The van der Waals surface area contributed by atoms with Crippen LogP contribution in [0.25, 0.3) is 0 Å². The highest BCUT2D eigenvalue weighted by Crippen LogP contribution is 2.31. The van der Waals surface area contributed by atoms with Crippen LogP contribution in [-0.4, -0.2) is 69.4 Å². The minimum absolute atomic E-state index is 0.0943. The summed E-state index contributed by atoms with van der Waals surface area (Å²) in [4.78, 5) is 13.0. The van der Waals surface area contributed by atoms with Gasteiger partial charge in [0.15, 0.2) is 12.1 Å². The molecule has 3 rings (SSSR count). The minimum atomic E-state index is -0.0943. The second-order valence-corrected chi connectivity index (χ2v) is 5.61. The van der Waals surface area contributed by atoms with Crippen molar-refractivity contribution in [2.24, 2.45) is 0 Å². The van der Waals surface area contributed by atoms with Crippen molar-refractivity contribution in [2.45, 2.75) is 12.7 Å². The highest BCUT2D eigenvalue weighted by Gasteiger charge is 2.26. The topological polar surface area (TPSA) is 60.0 Å². The molecule has 0 bridgehead atoms. The zero-order chi connectivity index (χ0) is 15.4. The van der Waals surface area contributed by atoms with Crippen LogP contribution in [0.2, 0.25) is 5.28 Å². The van der Waals surface area contributed by atoms with Crippen molar-refractivity contribution in [1.82, 2.24) is 9.97 Å². The van der Waals surface area contributed by atoms with Gasteiger partial charge < -0.3 is 24.0 Å². The lowest BCUT2D eigenvalue weighted by molar-refractivity contribution is -0.0449. The van der Waals surface area contributed by atoms with Gasteiger partial charge in [0, 0.05) is 39.7 Å². The molecule has 0 aromatic carbocycles. The van der Waals surface area contributed by atoms with Crippen molar-refractivity contribution >= 4 is 23.1 Å². The first-order chi connectivity index (χ1) is 10.8. The van der Waals surface area contributed by atoms with Crippen LogP contribution >= 0.6 is 11.6 Å². The van der Waals surface area contributed by atoms with Gasteiger partial charge in [-0.3, -0.25) is 0 Å². The molecule has 122 valence electrons. The largest absolute Gasteiger partial charge is 0.383 e. The third-order valence-corrected chi connectivity index (χ3v) is 4.07. The molecule has 0 radical (unpaired) electrons. The summed E-state index contributed by atoms with van der Waals surface area (Å²) in [5, 5.41) is 0.269. The van der Waals surface area contributed by atoms with E-state index in [2.05, 4.69) is 19.8 Å². The highest BCUT2D eigenvalue weighted by molar-refractivity contribution is 6.28. The molecule has 0 atom stereocenters. The summed E-state index contributed by atoms with van der Waals surface area (Å²) in [6.07, 6.45) is 2.53. The van der Waals surface area contributed by atoms with E-state index in [-0.39, 0.29) is 11.6 Å². The van der Waals surface area contributed by atoms with Crippen LogP contribution in [0.5, 0.6) is 0 Å². The molecule has 2 aliphatic rings. The average molecular weight is 329 g/mol. The Hall–Kier alpha value is -1.15. The van der Waals surface area contributed by atoms with Crippen molar-refractivity contribution in [3.63, 3.8) is 0 Å². The average Bonchev–Trinajstić information content (AvgIpc) is 3.04. The predicted octanol–water partition coefficient (Wildman–Crippen LogP) is 1.17. The van der Waals surface area contributed by atoms with Gasteiger partial charge in [0.2, 0.25) is 5.28 Å². The zero-order valence-electron chi connectivity index (χ0n) is 12.7. The monoisotopic (exact) mass is 328 g/mol. The van der Waals surface area contributed by atoms with Crippen LogP contribution < -0.4 is 9.80 Å². The molecule has 0 amide bonds. The van der Waals surface area contributed by atoms with E-state index in [0.717, 1.165) is 44.1 Å². The Labute approximate surface area is 135 Å². The Balaban J connectivity index is 1.70. The van der Waals surface area contributed by atoms with Gasteiger partial charge in [0.1, 0.15) is 0 Å². The van der Waals surface area contributed by atoms with E-state index in [9.17, 15) is 0 Å². The Bertz CT molecular complexity index is 499. The van der Waals surface area contributed by atoms with Gasteiger partial charge in [-0.2, -0.15) is 4.98 Å². The molecule has 22 heavy (non-hydrogen) atoms. The fourth-order valence-corrected chi connectivity index (χ4v) is 2.88. The number of nitrogens with zero attached hydrogens (tertiary/aromatic N) is 4. The first-order valence-electron chi connectivity index (χ1n) is 7.52. The molecule has 0 aliphatic carbocycles. The fourth-order valence-electron chi connectivity index (χ4n) is 2.76. The first kappa shape index (κ1) is 15.7. The Morgan fingerprint density at radius 3 is 2.82 bits per heavy atom. The fraction of sp³-hybridized carbons (Fsp3) is 0.714. The molecule has 0 unspecified atom stereocenters. The van der Waals surface area contributed by atoms with Gasteiger partial charge >= 0.3 is 0 Å². The Morgan fingerprint density at radius 1 is 1.27 bits per heavy atom. The SMILES string of the molecule is COCCN1CCN(CCC2OCCO2)c2cnc(Cl)nc21. The summed E-state index contributed by atoms with van der Waals surface area (Å²) < 4.78 is 16.2. The highest BCUT2D eigenvalue weighted by atomic mass is 35.5. The summed E-state index contributed by atoms with van der Waals surface area (Å²) in [5.74, 6) is 0.872. The van der Waals surface area contributed by atoms with Gasteiger partial charge in [-0.15, -0.1) is 0 Å². The maximum atomic E-state index is 5.97. The molecule has 7 nitrogen and oxygen atoms in total. The molecule has 8 heteroatoms. The standard InChI is InChI=1S/C14H21ClN4O3/c1-20-7-6-19-5-4-18(3-2-12-21-8-9-22-12)11-10-16-14(15)17-13(11)19/h10,12H,2-9H2,1H3. The van der Waals surface area contributed by atoms with Gasteiger partial charge in [-0.1, -0.05) is 0 Å². The van der Waals surface area contributed by atoms with Crippen LogP contribution in [0.15, 0.2) is 6.20 Å². The van der Waals surface area contributed by atoms with Crippen molar-refractivity contribution in [1.29, 1.82) is 0 Å². The normalized spacial score (nSPS) is 18.8. The van der Waals surface area contributed by atoms with E-state index < -0.39 is 0 Å². The Morgan fingerprint density at radius 2 is 2.05 bits per heavy atom. The van der Waals surface area contributed by atoms with E-state index in [4.69, 9.17) is 25.8 Å². The number of rotatable bonds is 6. The third kappa shape index (κ3) is 3.60. The van der Waals surface area contributed by atoms with Crippen molar-refractivity contribution in [2.75, 3.05) is 62.9 Å². The lowest BCUT2D eigenvalue weighted by atomic mass is 10.2. The predicted molar refractivity (Wildman–Crippen MR) is 83.7 cm³/mol. The molecule has 1 saturated heterocycles. The number of fused-ring (bicyclic) bond motifs is 1. The van der Waals surface area contributed by atoms with Crippen LogP contribution in [-0.2, 0) is 14.2 Å². The number of ether oxygens (including phenoxy) is 3. The molecular weight excluding hydrogens is 308 g/mol. The second kappa shape index (κ2) is 7.41. The van der Waals surface area contributed by atoms with E-state index in [0.29, 0.717) is 19.8 Å². The summed E-state index contributed by atoms with van der Waals surface area (Å²) in [7, 11) is 1.70. The molecule has 0 saturated carbocycles. The van der Waals surface area contributed by atoms with Crippen molar-refractivity contribution in [3.8, 4) is 0 Å². The number of hydrogen-bond donors (Lipinski definition) is 0. The van der Waals surface area contributed by atoms with Crippen LogP contribution in [0.3, 0.4) is 0 Å². The third-order valence-electron chi connectivity index (χ3n) is 3.89. The van der Waals surface area contributed by atoms with Crippen molar-refractivity contribution in [3.05, 3.63) is 11.5 Å². The Kier molecular flexibility index (Phi) is 5.30. The molecule has 2 aliphatic heterocycles. The molecule has 0 N–H and O–H groups in total. The number of anilines is 2. The van der Waals surface area contributed by atoms with Crippen LogP contribution in [0.4, 0.5) is 11.5 Å². The van der Waals surface area contributed by atoms with E-state index in [1.165, 1.54) is 0 Å². The summed E-state index contributed by atoms with van der Waals surface area (Å²) in [5.41, 5.74) is 1.00. The first-order valence-corrected chi connectivity index (χ1v) is 7.90. The summed E-state index contributed by atoms with van der Waals surface area (Å²) >= 11 is 5.97. The zero-order valence-corrected chi connectivity index (χ0v) is 13.5. The quantitative estimate of drug-likeness (QED) is 0.726. The minimum Gasteiger partial charge on any atom is -0.383 e. The number of hydrogen-bond acceptors (Lipinski definition) is 7. The van der Waals surface area contributed by atoms with E-state index in [1.807, 2.05) is 0 Å². The lowest BCUT2D eigenvalue weighted by Crippen LogP contribution is -2.44. The van der Waals surface area contributed by atoms with Crippen LogP contribution in [0.1, 0.15) is 6.42 Å².